The highest BCUT2D eigenvalue weighted by atomic mass is 35.5. The number of alkyl halides is 1. The van der Waals surface area contributed by atoms with Crippen LogP contribution in [0.4, 0.5) is 10.2 Å². The van der Waals surface area contributed by atoms with Gasteiger partial charge in [-0.25, -0.2) is 14.4 Å². The molecule has 6 heteroatoms. The van der Waals surface area contributed by atoms with Gasteiger partial charge in [0.15, 0.2) is 0 Å². The molecule has 96 valence electrons. The second-order valence-corrected chi connectivity index (χ2v) is 5.31. The van der Waals surface area contributed by atoms with E-state index in [2.05, 4.69) is 9.97 Å². The van der Waals surface area contributed by atoms with Gasteiger partial charge in [-0.15, -0.1) is 22.9 Å². The summed E-state index contributed by atoms with van der Waals surface area (Å²) < 4.78 is 13.1. The highest BCUT2D eigenvalue weighted by Gasteiger charge is 2.11. The molecule has 0 unspecified atom stereocenters. The third-order valence-electron chi connectivity index (χ3n) is 2.48. The smallest absolute Gasteiger partial charge is 0.141 e. The van der Waals surface area contributed by atoms with Crippen molar-refractivity contribution >= 4 is 28.8 Å². The van der Waals surface area contributed by atoms with Gasteiger partial charge >= 0.3 is 0 Å². The highest BCUT2D eigenvalue weighted by molar-refractivity contribution is 7.09. The van der Waals surface area contributed by atoms with Crippen LogP contribution in [0.1, 0.15) is 16.3 Å². The van der Waals surface area contributed by atoms with Crippen LogP contribution in [0.5, 0.6) is 0 Å². The minimum atomic E-state index is -0.368. The molecule has 0 bridgehead atoms. The Labute approximate surface area is 114 Å². The van der Waals surface area contributed by atoms with Gasteiger partial charge in [-0.1, -0.05) is 0 Å². The summed E-state index contributed by atoms with van der Waals surface area (Å²) in [5.74, 6) is 0.560. The largest absolute Gasteiger partial charge is 0.353 e. The molecule has 0 N–H and O–H groups in total. The van der Waals surface area contributed by atoms with Gasteiger partial charge in [-0.3, -0.25) is 0 Å². The fraction of sp³-hybridized carbons (Fsp3) is 0.333. The van der Waals surface area contributed by atoms with Crippen LogP contribution in [0.2, 0.25) is 0 Å². The molecule has 0 atom stereocenters. The molecular formula is C12H13ClFN3S. The van der Waals surface area contributed by atoms with Crippen LogP contribution in [0.15, 0.2) is 17.6 Å². The summed E-state index contributed by atoms with van der Waals surface area (Å²) >= 11 is 7.42. The van der Waals surface area contributed by atoms with Crippen molar-refractivity contribution in [1.82, 2.24) is 9.97 Å². The lowest BCUT2D eigenvalue weighted by Crippen LogP contribution is -2.19. The van der Waals surface area contributed by atoms with Crippen LogP contribution >= 0.6 is 22.9 Å². The Hall–Kier alpha value is -1.20. The number of nitrogens with zero attached hydrogens (tertiary/aromatic N) is 3. The van der Waals surface area contributed by atoms with E-state index in [4.69, 9.17) is 11.6 Å². The summed E-state index contributed by atoms with van der Waals surface area (Å²) in [4.78, 5) is 10.4. The van der Waals surface area contributed by atoms with Crippen molar-refractivity contribution in [2.45, 2.75) is 19.3 Å². The predicted octanol–water partition coefficient (Wildman–Crippen LogP) is 3.36. The van der Waals surface area contributed by atoms with Crippen molar-refractivity contribution in [1.29, 1.82) is 0 Å². The number of hydrogen-bond acceptors (Lipinski definition) is 4. The lowest BCUT2D eigenvalue weighted by Gasteiger charge is -2.19. The molecule has 0 fully saturated rings. The highest BCUT2D eigenvalue weighted by Crippen LogP contribution is 2.21. The molecule has 18 heavy (non-hydrogen) atoms. The SMILES string of the molecule is Cc1nc(CN(C)c2ncc(F)cc2CCl)cs1. The Morgan fingerprint density at radius 3 is 2.89 bits per heavy atom. The zero-order chi connectivity index (χ0) is 13.1. The van der Waals surface area contributed by atoms with E-state index in [0.29, 0.717) is 17.9 Å². The van der Waals surface area contributed by atoms with Crippen LogP contribution in [0.25, 0.3) is 0 Å². The van der Waals surface area contributed by atoms with E-state index in [0.717, 1.165) is 10.7 Å². The van der Waals surface area contributed by atoms with E-state index in [1.54, 1.807) is 11.3 Å². The van der Waals surface area contributed by atoms with Crippen LogP contribution in [0, 0.1) is 12.7 Å². The fourth-order valence-electron chi connectivity index (χ4n) is 1.71. The topological polar surface area (TPSA) is 29.0 Å². The number of halogens is 2. The third kappa shape index (κ3) is 2.97. The van der Waals surface area contributed by atoms with Gasteiger partial charge in [0.05, 0.1) is 29.3 Å². The lowest BCUT2D eigenvalue weighted by atomic mass is 10.2. The lowest BCUT2D eigenvalue weighted by molar-refractivity contribution is 0.619. The molecule has 0 spiro atoms. The Morgan fingerprint density at radius 2 is 2.28 bits per heavy atom. The van der Waals surface area contributed by atoms with Gasteiger partial charge < -0.3 is 4.90 Å². The van der Waals surface area contributed by atoms with E-state index in [9.17, 15) is 4.39 Å². The molecule has 0 aromatic carbocycles. The zero-order valence-corrected chi connectivity index (χ0v) is 11.7. The molecule has 2 heterocycles. The first-order chi connectivity index (χ1) is 8.60. The number of thiazole rings is 1. The maximum absolute atomic E-state index is 13.1. The number of rotatable bonds is 4. The van der Waals surface area contributed by atoms with Gasteiger partial charge in [0, 0.05) is 18.0 Å². The van der Waals surface area contributed by atoms with Crippen LogP contribution in [-0.2, 0) is 12.4 Å². The second-order valence-electron chi connectivity index (χ2n) is 3.98. The Morgan fingerprint density at radius 1 is 1.50 bits per heavy atom. The Kier molecular flexibility index (Phi) is 4.14. The van der Waals surface area contributed by atoms with E-state index < -0.39 is 0 Å². The number of aromatic nitrogens is 2. The van der Waals surface area contributed by atoms with Crippen molar-refractivity contribution in [3.8, 4) is 0 Å². The average Bonchev–Trinajstić information content (AvgIpc) is 2.74. The Balaban J connectivity index is 2.20. The van der Waals surface area contributed by atoms with E-state index in [1.165, 1.54) is 12.3 Å². The Bertz CT molecular complexity index is 544. The first-order valence-electron chi connectivity index (χ1n) is 5.42. The maximum atomic E-state index is 13.1. The minimum Gasteiger partial charge on any atom is -0.353 e. The van der Waals surface area contributed by atoms with Gasteiger partial charge in [-0.05, 0) is 13.0 Å². The molecular weight excluding hydrogens is 273 g/mol. The second kappa shape index (κ2) is 5.63. The number of pyridine rings is 1. The van der Waals surface area contributed by atoms with Crippen molar-refractivity contribution in [3.63, 3.8) is 0 Å². The van der Waals surface area contributed by atoms with Crippen molar-refractivity contribution < 1.29 is 4.39 Å². The predicted molar refractivity (Wildman–Crippen MR) is 72.7 cm³/mol. The summed E-state index contributed by atoms with van der Waals surface area (Å²) in [6.07, 6.45) is 1.20. The molecule has 0 saturated heterocycles. The number of anilines is 1. The monoisotopic (exact) mass is 285 g/mol. The molecule has 2 aromatic rings. The first kappa shape index (κ1) is 13.2. The normalized spacial score (nSPS) is 10.7. The summed E-state index contributed by atoms with van der Waals surface area (Å²) in [5.41, 5.74) is 1.66. The van der Waals surface area contributed by atoms with Crippen molar-refractivity contribution in [2.24, 2.45) is 0 Å². The van der Waals surface area contributed by atoms with Crippen molar-refractivity contribution in [3.05, 3.63) is 39.7 Å². The summed E-state index contributed by atoms with van der Waals surface area (Å²) in [6.45, 7) is 2.60. The molecule has 0 saturated carbocycles. The molecule has 0 radical (unpaired) electrons. The summed E-state index contributed by atoms with van der Waals surface area (Å²) in [5, 5.41) is 3.04. The molecule has 2 rings (SSSR count). The minimum absolute atomic E-state index is 0.237. The quantitative estimate of drug-likeness (QED) is 0.807. The third-order valence-corrected chi connectivity index (χ3v) is 3.59. The van der Waals surface area contributed by atoms with Crippen LogP contribution < -0.4 is 4.90 Å². The number of hydrogen-bond donors (Lipinski definition) is 0. The molecule has 0 aliphatic carbocycles. The van der Waals surface area contributed by atoms with E-state index in [1.807, 2.05) is 24.3 Å². The van der Waals surface area contributed by atoms with Crippen LogP contribution in [-0.4, -0.2) is 17.0 Å². The van der Waals surface area contributed by atoms with Gasteiger partial charge in [0.1, 0.15) is 11.6 Å². The summed E-state index contributed by atoms with van der Waals surface area (Å²) in [6, 6.07) is 1.41. The average molecular weight is 286 g/mol. The number of aryl methyl sites for hydroxylation is 1. The van der Waals surface area contributed by atoms with Gasteiger partial charge in [0.2, 0.25) is 0 Å². The standard InChI is InChI=1S/C12H13ClFN3S/c1-8-16-11(7-18-8)6-17(2)12-9(4-13)3-10(14)5-15-12/h3,5,7H,4,6H2,1-2H3. The molecule has 0 aliphatic rings. The van der Waals surface area contributed by atoms with Crippen molar-refractivity contribution in [2.75, 3.05) is 11.9 Å². The van der Waals surface area contributed by atoms with Gasteiger partial charge in [0.25, 0.3) is 0 Å². The molecule has 2 aromatic heterocycles. The molecule has 0 amide bonds. The fourth-order valence-corrected chi connectivity index (χ4v) is 2.52. The van der Waals surface area contributed by atoms with E-state index >= 15 is 0 Å². The first-order valence-corrected chi connectivity index (χ1v) is 6.84. The zero-order valence-electron chi connectivity index (χ0n) is 10.2. The van der Waals surface area contributed by atoms with Gasteiger partial charge in [-0.2, -0.15) is 0 Å². The summed E-state index contributed by atoms with van der Waals surface area (Å²) in [7, 11) is 1.89. The molecule has 3 nitrogen and oxygen atoms in total. The molecule has 0 aliphatic heterocycles. The maximum Gasteiger partial charge on any atom is 0.141 e. The van der Waals surface area contributed by atoms with Crippen LogP contribution in [0.3, 0.4) is 0 Å². The van der Waals surface area contributed by atoms with E-state index in [-0.39, 0.29) is 11.7 Å².